The molecule has 0 spiro atoms. The van der Waals surface area contributed by atoms with E-state index in [1.54, 1.807) is 11.3 Å². The minimum atomic E-state index is -0.337. The summed E-state index contributed by atoms with van der Waals surface area (Å²) in [6, 6.07) is 29.0. The van der Waals surface area contributed by atoms with Crippen molar-refractivity contribution in [1.29, 1.82) is 0 Å². The number of rotatable bonds is 8. The van der Waals surface area contributed by atoms with Crippen LogP contribution >= 0.6 is 11.3 Å². The predicted octanol–water partition coefficient (Wildman–Crippen LogP) is 11.6. The third-order valence-electron chi connectivity index (χ3n) is 9.85. The van der Waals surface area contributed by atoms with Gasteiger partial charge in [-0.1, -0.05) is 102 Å². The fourth-order valence-electron chi connectivity index (χ4n) is 5.65. The van der Waals surface area contributed by atoms with Crippen molar-refractivity contribution in [3.63, 3.8) is 0 Å². The number of aromatic nitrogens is 2. The molecule has 0 aliphatic carbocycles. The number of thiophene rings is 1. The van der Waals surface area contributed by atoms with Gasteiger partial charge >= 0.3 is 0 Å². The Bertz CT molecular complexity index is 2040. The SMILES string of the molecule is CCC(C)(CC)C(=O)/C=C(\O)C(C)(CC)CC.Cc1nc(-c2[c-]cc3ccccc3c2)c2sc3ccc4ccccc4c3c2n1.[Ir]. The molecule has 0 aliphatic heterocycles. The second-order valence-corrected chi connectivity index (χ2v) is 13.5. The molecule has 0 saturated heterocycles. The van der Waals surface area contributed by atoms with E-state index < -0.39 is 0 Å². The van der Waals surface area contributed by atoms with Crippen LogP contribution in [0.1, 0.15) is 73.1 Å². The maximum atomic E-state index is 12.2. The number of aliphatic hydroxyl groups is 1. The molecule has 6 aromatic rings. The minimum Gasteiger partial charge on any atom is -0.512 e. The fraction of sp³-hybridized carbons (Fsp3) is 0.325. The van der Waals surface area contributed by atoms with Gasteiger partial charge in [-0.15, -0.1) is 40.5 Å². The summed E-state index contributed by atoms with van der Waals surface area (Å²) in [6.07, 6.45) is 4.75. The van der Waals surface area contributed by atoms with Crippen molar-refractivity contribution in [2.24, 2.45) is 10.8 Å². The molecule has 2 aromatic heterocycles. The van der Waals surface area contributed by atoms with Gasteiger partial charge in [-0.2, -0.15) is 0 Å². The smallest absolute Gasteiger partial charge is 0.164 e. The molecule has 0 amide bonds. The van der Waals surface area contributed by atoms with Gasteiger partial charge in [-0.05, 0) is 49.4 Å². The van der Waals surface area contributed by atoms with E-state index in [9.17, 15) is 9.90 Å². The summed E-state index contributed by atoms with van der Waals surface area (Å²) in [4.78, 5) is 21.8. The van der Waals surface area contributed by atoms with Crippen molar-refractivity contribution in [3.8, 4) is 11.3 Å². The molecule has 0 bridgehead atoms. The molecule has 1 N–H and O–H groups in total. The Morgan fingerprint density at radius 1 is 0.848 bits per heavy atom. The van der Waals surface area contributed by atoms with Gasteiger partial charge in [-0.25, -0.2) is 4.98 Å². The summed E-state index contributed by atoms with van der Waals surface area (Å²) in [7, 11) is 0. The van der Waals surface area contributed by atoms with Crippen LogP contribution in [-0.4, -0.2) is 20.9 Å². The van der Waals surface area contributed by atoms with E-state index in [4.69, 9.17) is 9.97 Å². The van der Waals surface area contributed by atoms with Gasteiger partial charge in [0.05, 0.1) is 5.52 Å². The average molecular weight is 808 g/mol. The van der Waals surface area contributed by atoms with Gasteiger partial charge in [0.2, 0.25) is 0 Å². The molecule has 0 aliphatic rings. The van der Waals surface area contributed by atoms with Crippen molar-refractivity contribution in [3.05, 3.63) is 96.5 Å². The molecule has 0 fully saturated rings. The average Bonchev–Trinajstić information content (AvgIpc) is 3.46. The van der Waals surface area contributed by atoms with Crippen LogP contribution in [-0.2, 0) is 24.9 Å². The number of carbonyl (C=O) groups excluding carboxylic acids is 1. The largest absolute Gasteiger partial charge is 0.512 e. The summed E-state index contributed by atoms with van der Waals surface area (Å²) >= 11 is 1.77. The third-order valence-corrected chi connectivity index (χ3v) is 11.0. The number of hydrogen-bond acceptors (Lipinski definition) is 5. The fourth-order valence-corrected chi connectivity index (χ4v) is 6.81. The van der Waals surface area contributed by atoms with E-state index in [0.717, 1.165) is 53.0 Å². The normalized spacial score (nSPS) is 12.3. The van der Waals surface area contributed by atoms with E-state index in [-0.39, 0.29) is 42.5 Å². The first-order valence-corrected chi connectivity index (χ1v) is 16.8. The first kappa shape index (κ1) is 35.4. The number of hydrogen-bond donors (Lipinski definition) is 1. The van der Waals surface area contributed by atoms with Crippen LogP contribution in [0.5, 0.6) is 0 Å². The second-order valence-electron chi connectivity index (χ2n) is 12.5. The molecular formula is C40H43IrN2O2S-. The number of fused-ring (bicyclic) bond motifs is 6. The molecule has 46 heavy (non-hydrogen) atoms. The van der Waals surface area contributed by atoms with Crippen molar-refractivity contribution in [1.82, 2.24) is 9.97 Å². The van der Waals surface area contributed by atoms with Gasteiger partial charge in [-0.3, -0.25) is 9.78 Å². The number of allylic oxidation sites excluding steroid dienone is 2. The molecule has 6 rings (SSSR count). The van der Waals surface area contributed by atoms with Crippen LogP contribution in [0.15, 0.2) is 84.6 Å². The number of benzene rings is 4. The van der Waals surface area contributed by atoms with Crippen molar-refractivity contribution >= 4 is 59.0 Å². The maximum Gasteiger partial charge on any atom is 0.164 e. The number of ketones is 1. The van der Waals surface area contributed by atoms with E-state index in [0.29, 0.717) is 0 Å². The Morgan fingerprint density at radius 2 is 1.46 bits per heavy atom. The number of aliphatic hydroxyl groups excluding tert-OH is 1. The summed E-state index contributed by atoms with van der Waals surface area (Å²) < 4.78 is 2.37. The Morgan fingerprint density at radius 3 is 2.11 bits per heavy atom. The molecule has 0 saturated carbocycles. The van der Waals surface area contributed by atoms with Crippen LogP contribution < -0.4 is 0 Å². The zero-order valence-electron chi connectivity index (χ0n) is 27.8. The van der Waals surface area contributed by atoms with E-state index >= 15 is 0 Å². The molecule has 1 radical (unpaired) electrons. The van der Waals surface area contributed by atoms with Crippen LogP contribution in [0.4, 0.5) is 0 Å². The summed E-state index contributed by atoms with van der Waals surface area (Å²) in [5, 5.41) is 16.2. The Balaban J connectivity index is 0.000000234. The van der Waals surface area contributed by atoms with Crippen molar-refractivity contribution < 1.29 is 30.0 Å². The van der Waals surface area contributed by atoms with Gasteiger partial charge < -0.3 is 5.11 Å². The number of carbonyl (C=O) groups is 1. The molecule has 6 heteroatoms. The van der Waals surface area contributed by atoms with E-state index in [2.05, 4.69) is 78.9 Å². The van der Waals surface area contributed by atoms with Crippen LogP contribution in [0.25, 0.3) is 53.1 Å². The minimum absolute atomic E-state index is 0. The molecule has 0 atom stereocenters. The molecule has 2 heterocycles. The third kappa shape index (κ3) is 6.81. The summed E-state index contributed by atoms with van der Waals surface area (Å²) in [6.45, 7) is 14.1. The maximum absolute atomic E-state index is 12.2. The number of nitrogens with zero attached hydrogens (tertiary/aromatic N) is 2. The van der Waals surface area contributed by atoms with Crippen LogP contribution in [0.2, 0.25) is 0 Å². The summed E-state index contributed by atoms with van der Waals surface area (Å²) in [5.74, 6) is 1.07. The van der Waals surface area contributed by atoms with Crippen molar-refractivity contribution in [2.45, 2.75) is 74.1 Å². The molecule has 0 unspecified atom stereocenters. The molecule has 4 aromatic carbocycles. The molecule has 4 nitrogen and oxygen atoms in total. The van der Waals surface area contributed by atoms with Crippen molar-refractivity contribution in [2.75, 3.05) is 0 Å². The Kier molecular flexibility index (Phi) is 11.2. The standard InChI is InChI=1S/C25H15N2S.C15H28O2.Ir/c1-15-26-23(19-11-10-16-6-2-3-8-18(16)14-19)25-24(27-15)22-20-9-5-4-7-17(20)12-13-21(22)28-25;1-7-14(5,8-2)12(16)11-13(17)15(6,9-3)10-4;/h2-10,12-14H,1H3;11,16H,7-10H2,1-6H3;/q-1;;/b;12-11-;. The van der Waals surface area contributed by atoms with E-state index in [1.807, 2.05) is 48.5 Å². The zero-order valence-corrected chi connectivity index (χ0v) is 31.0. The summed E-state index contributed by atoms with van der Waals surface area (Å²) in [5.41, 5.74) is 2.43. The Hall–Kier alpha value is -3.44. The van der Waals surface area contributed by atoms with E-state index in [1.165, 1.54) is 37.7 Å². The first-order valence-electron chi connectivity index (χ1n) is 16.0. The van der Waals surface area contributed by atoms with Gasteiger partial charge in [0.25, 0.3) is 0 Å². The van der Waals surface area contributed by atoms with Gasteiger partial charge in [0, 0.05) is 57.5 Å². The topological polar surface area (TPSA) is 63.1 Å². The molecular weight excluding hydrogens is 765 g/mol. The van der Waals surface area contributed by atoms with Crippen LogP contribution in [0.3, 0.4) is 0 Å². The number of aryl methyl sites for hydroxylation is 1. The first-order chi connectivity index (χ1) is 21.6. The quantitative estimate of drug-likeness (QED) is 0.0945. The predicted molar refractivity (Wildman–Crippen MR) is 192 cm³/mol. The molecule has 241 valence electrons. The van der Waals surface area contributed by atoms with Gasteiger partial charge in [0.15, 0.2) is 5.78 Å². The monoisotopic (exact) mass is 808 g/mol. The Labute approximate surface area is 290 Å². The van der Waals surface area contributed by atoms with Gasteiger partial charge in [0.1, 0.15) is 11.6 Å². The second kappa shape index (κ2) is 14.5. The zero-order chi connectivity index (χ0) is 32.4. The van der Waals surface area contributed by atoms with Crippen LogP contribution in [0, 0.1) is 23.8 Å².